The van der Waals surface area contributed by atoms with Gasteiger partial charge in [-0.3, -0.25) is 4.79 Å². The minimum absolute atomic E-state index is 0.0501. The molecule has 0 aliphatic heterocycles. The number of aryl methyl sites for hydroxylation is 2. The minimum atomic E-state index is -0.0501. The molecule has 0 fully saturated rings. The molecule has 5 nitrogen and oxygen atoms in total. The van der Waals surface area contributed by atoms with E-state index in [1.54, 1.807) is 19.2 Å². The zero-order chi connectivity index (χ0) is 24.0. The fraction of sp³-hybridized carbons (Fsp3) is 0.517. The summed E-state index contributed by atoms with van der Waals surface area (Å²) in [5, 5.41) is 3.03. The third-order valence-corrected chi connectivity index (χ3v) is 6.43. The van der Waals surface area contributed by atoms with Crippen LogP contribution in [-0.2, 0) is 13.0 Å². The highest BCUT2D eigenvalue weighted by Gasteiger charge is 2.11. The molecule has 184 valence electrons. The molecule has 34 heavy (non-hydrogen) atoms. The van der Waals surface area contributed by atoms with Crippen LogP contribution < -0.4 is 10.1 Å². The Morgan fingerprint density at radius 3 is 2.26 bits per heavy atom. The first-order valence-corrected chi connectivity index (χ1v) is 13.1. The molecule has 0 saturated heterocycles. The number of carbonyl (C=O) groups excluding carboxylic acids is 1. The van der Waals surface area contributed by atoms with E-state index in [1.165, 1.54) is 63.3 Å². The van der Waals surface area contributed by atoms with Crippen LogP contribution in [-0.4, -0.2) is 29.1 Å². The van der Waals surface area contributed by atoms with Crippen molar-refractivity contribution in [2.45, 2.75) is 84.1 Å². The fourth-order valence-corrected chi connectivity index (χ4v) is 4.44. The lowest BCUT2D eigenvalue weighted by Crippen LogP contribution is -2.25. The van der Waals surface area contributed by atoms with Crippen molar-refractivity contribution in [3.8, 4) is 5.75 Å². The van der Waals surface area contributed by atoms with Gasteiger partial charge in [0.2, 0.25) is 0 Å². The number of amides is 1. The lowest BCUT2D eigenvalue weighted by Gasteiger charge is -2.10. The summed E-state index contributed by atoms with van der Waals surface area (Å²) in [5.74, 6) is 1.83. The van der Waals surface area contributed by atoms with E-state index in [1.807, 2.05) is 12.1 Å². The van der Waals surface area contributed by atoms with E-state index in [4.69, 9.17) is 9.72 Å². The zero-order valence-electron chi connectivity index (χ0n) is 21.0. The molecule has 1 amide bonds. The van der Waals surface area contributed by atoms with Gasteiger partial charge in [0.05, 0.1) is 18.1 Å². The van der Waals surface area contributed by atoms with Gasteiger partial charge in [-0.15, -0.1) is 0 Å². The van der Waals surface area contributed by atoms with Gasteiger partial charge in [0.1, 0.15) is 11.6 Å². The minimum Gasteiger partial charge on any atom is -0.497 e. The number of nitrogens with zero attached hydrogens (tertiary/aromatic N) is 2. The summed E-state index contributed by atoms with van der Waals surface area (Å²) < 4.78 is 7.55. The molecule has 0 aliphatic carbocycles. The number of rotatable bonds is 16. The molecule has 1 heterocycles. The summed E-state index contributed by atoms with van der Waals surface area (Å²) in [6.45, 7) is 3.92. The third-order valence-electron chi connectivity index (χ3n) is 6.43. The number of benzene rings is 2. The average molecular weight is 464 g/mol. The van der Waals surface area contributed by atoms with Crippen molar-refractivity contribution in [3.63, 3.8) is 0 Å². The number of carbonyl (C=O) groups is 1. The summed E-state index contributed by atoms with van der Waals surface area (Å²) in [6.07, 6.45) is 13.7. The SMILES string of the molecule is CCCCCCCCCCCn1c(CCCNC(=O)c2ccc(OC)cc2)nc2ccccc21. The number of fused-ring (bicyclic) bond motifs is 1. The number of ether oxygens (including phenoxy) is 1. The van der Waals surface area contributed by atoms with Crippen LogP contribution in [0.3, 0.4) is 0 Å². The van der Waals surface area contributed by atoms with Crippen LogP contribution in [0.5, 0.6) is 5.75 Å². The first kappa shape index (κ1) is 25.8. The number of para-hydroxylation sites is 2. The Hall–Kier alpha value is -2.82. The highest BCUT2D eigenvalue weighted by molar-refractivity contribution is 5.94. The zero-order valence-corrected chi connectivity index (χ0v) is 21.0. The number of aromatic nitrogens is 2. The number of imidazole rings is 1. The molecule has 1 N–H and O–H groups in total. The van der Waals surface area contributed by atoms with E-state index < -0.39 is 0 Å². The summed E-state index contributed by atoms with van der Waals surface area (Å²) >= 11 is 0. The second kappa shape index (κ2) is 14.4. The average Bonchev–Trinajstić information content (AvgIpc) is 3.22. The molecule has 2 aromatic carbocycles. The Kier molecular flexibility index (Phi) is 11.0. The van der Waals surface area contributed by atoms with Crippen molar-refractivity contribution in [1.29, 1.82) is 0 Å². The van der Waals surface area contributed by atoms with Gasteiger partial charge in [-0.05, 0) is 49.2 Å². The van der Waals surface area contributed by atoms with E-state index in [-0.39, 0.29) is 5.91 Å². The number of nitrogens with one attached hydrogen (secondary N) is 1. The molecule has 0 atom stereocenters. The highest BCUT2D eigenvalue weighted by Crippen LogP contribution is 2.19. The van der Waals surface area contributed by atoms with Gasteiger partial charge in [-0.1, -0.05) is 70.4 Å². The van der Waals surface area contributed by atoms with Crippen LogP contribution in [0.15, 0.2) is 48.5 Å². The Balaban J connectivity index is 1.45. The largest absolute Gasteiger partial charge is 0.497 e. The van der Waals surface area contributed by atoms with Crippen LogP contribution in [0.4, 0.5) is 0 Å². The Bertz CT molecular complexity index is 994. The standard InChI is InChI=1S/C29H41N3O2/c1-3-4-5-6-7-8-9-10-13-23-32-27-16-12-11-15-26(27)31-28(32)17-14-22-30-29(33)24-18-20-25(34-2)21-19-24/h11-12,15-16,18-21H,3-10,13-14,17,22-23H2,1-2H3,(H,30,33). The van der Waals surface area contributed by atoms with Crippen molar-refractivity contribution in [2.24, 2.45) is 0 Å². The van der Waals surface area contributed by atoms with Crippen LogP contribution in [0.25, 0.3) is 11.0 Å². The first-order chi connectivity index (χ1) is 16.7. The summed E-state index contributed by atoms with van der Waals surface area (Å²) in [7, 11) is 1.62. The molecule has 1 aromatic heterocycles. The number of hydrogen-bond acceptors (Lipinski definition) is 3. The number of unbranched alkanes of at least 4 members (excludes halogenated alkanes) is 8. The van der Waals surface area contributed by atoms with E-state index >= 15 is 0 Å². The van der Waals surface area contributed by atoms with Gasteiger partial charge in [-0.2, -0.15) is 0 Å². The van der Waals surface area contributed by atoms with E-state index in [9.17, 15) is 4.79 Å². The molecule has 3 aromatic rings. The fourth-order valence-electron chi connectivity index (χ4n) is 4.44. The molecule has 0 saturated carbocycles. The van der Waals surface area contributed by atoms with Gasteiger partial charge < -0.3 is 14.6 Å². The van der Waals surface area contributed by atoms with E-state index in [0.717, 1.165) is 36.5 Å². The number of hydrogen-bond donors (Lipinski definition) is 1. The monoisotopic (exact) mass is 463 g/mol. The third kappa shape index (κ3) is 7.89. The predicted octanol–water partition coefficient (Wildman–Crippen LogP) is 6.94. The Labute approximate surface area is 204 Å². The quantitative estimate of drug-likeness (QED) is 0.234. The van der Waals surface area contributed by atoms with Crippen molar-refractivity contribution < 1.29 is 9.53 Å². The van der Waals surface area contributed by atoms with E-state index in [2.05, 4.69) is 41.1 Å². The van der Waals surface area contributed by atoms with Crippen molar-refractivity contribution in [1.82, 2.24) is 14.9 Å². The summed E-state index contributed by atoms with van der Waals surface area (Å²) in [4.78, 5) is 17.3. The lowest BCUT2D eigenvalue weighted by atomic mass is 10.1. The molecule has 3 rings (SSSR count). The molecule has 0 radical (unpaired) electrons. The molecular formula is C29H41N3O2. The highest BCUT2D eigenvalue weighted by atomic mass is 16.5. The van der Waals surface area contributed by atoms with Gasteiger partial charge in [0.15, 0.2) is 0 Å². The number of methoxy groups -OCH3 is 1. The Morgan fingerprint density at radius 2 is 1.56 bits per heavy atom. The van der Waals surface area contributed by atoms with Crippen LogP contribution in [0, 0.1) is 0 Å². The first-order valence-electron chi connectivity index (χ1n) is 13.1. The maximum absolute atomic E-state index is 12.4. The summed E-state index contributed by atoms with van der Waals surface area (Å²) in [6, 6.07) is 15.6. The van der Waals surface area contributed by atoms with Crippen molar-refractivity contribution in [3.05, 3.63) is 59.9 Å². The lowest BCUT2D eigenvalue weighted by molar-refractivity contribution is 0.0953. The maximum atomic E-state index is 12.4. The Morgan fingerprint density at radius 1 is 0.882 bits per heavy atom. The van der Waals surface area contributed by atoms with Crippen LogP contribution >= 0.6 is 0 Å². The van der Waals surface area contributed by atoms with Gasteiger partial charge in [0, 0.05) is 25.1 Å². The van der Waals surface area contributed by atoms with Crippen molar-refractivity contribution in [2.75, 3.05) is 13.7 Å². The van der Waals surface area contributed by atoms with Gasteiger partial charge in [0.25, 0.3) is 5.91 Å². The molecule has 0 spiro atoms. The second-order valence-corrected chi connectivity index (χ2v) is 9.08. The van der Waals surface area contributed by atoms with E-state index in [0.29, 0.717) is 12.1 Å². The second-order valence-electron chi connectivity index (χ2n) is 9.08. The molecule has 5 heteroatoms. The topological polar surface area (TPSA) is 56.2 Å². The van der Waals surface area contributed by atoms with Gasteiger partial charge >= 0.3 is 0 Å². The van der Waals surface area contributed by atoms with Crippen molar-refractivity contribution >= 4 is 16.9 Å². The van der Waals surface area contributed by atoms with Crippen LogP contribution in [0.1, 0.15) is 87.3 Å². The molecule has 0 unspecified atom stereocenters. The maximum Gasteiger partial charge on any atom is 0.251 e. The smallest absolute Gasteiger partial charge is 0.251 e. The molecular weight excluding hydrogens is 422 g/mol. The van der Waals surface area contributed by atoms with Crippen LogP contribution in [0.2, 0.25) is 0 Å². The van der Waals surface area contributed by atoms with Gasteiger partial charge in [-0.25, -0.2) is 4.98 Å². The normalized spacial score (nSPS) is 11.1. The molecule has 0 bridgehead atoms. The summed E-state index contributed by atoms with van der Waals surface area (Å²) in [5.41, 5.74) is 2.94. The molecule has 0 aliphatic rings. The predicted molar refractivity (Wildman–Crippen MR) is 141 cm³/mol.